The summed E-state index contributed by atoms with van der Waals surface area (Å²) in [6, 6.07) is 7.55. The molecule has 2 aromatic rings. The van der Waals surface area contributed by atoms with E-state index in [0.29, 0.717) is 10.2 Å². The van der Waals surface area contributed by atoms with Crippen LogP contribution in [0.25, 0.3) is 11.3 Å². The highest BCUT2D eigenvalue weighted by Gasteiger charge is 2.11. The van der Waals surface area contributed by atoms with Crippen LogP contribution in [0.3, 0.4) is 0 Å². The summed E-state index contributed by atoms with van der Waals surface area (Å²) in [7, 11) is 0. The molecule has 0 aliphatic heterocycles. The van der Waals surface area contributed by atoms with E-state index in [1.807, 2.05) is 24.3 Å². The number of rotatable bonds is 1. The topological polar surface area (TPSA) is 38.9 Å². The van der Waals surface area contributed by atoms with Crippen molar-refractivity contribution >= 4 is 44.0 Å². The molecule has 0 fully saturated rings. The summed E-state index contributed by atoms with van der Waals surface area (Å²) < 4.78 is 0.906. The number of halogens is 2. The second-order valence-electron chi connectivity index (χ2n) is 2.65. The second-order valence-corrected chi connectivity index (χ2v) is 5.41. The Bertz CT molecular complexity index is 470. The first-order valence-electron chi connectivity index (χ1n) is 3.85. The van der Waals surface area contributed by atoms with Crippen LogP contribution < -0.4 is 5.73 Å². The van der Waals surface area contributed by atoms with Crippen LogP contribution in [0.2, 0.25) is 5.02 Å². The lowest BCUT2D eigenvalue weighted by molar-refractivity contribution is 1.40. The maximum atomic E-state index is 6.04. The highest BCUT2D eigenvalue weighted by molar-refractivity contribution is 9.11. The molecule has 0 amide bonds. The fraction of sp³-hybridized carbons (Fsp3) is 0. The van der Waals surface area contributed by atoms with E-state index in [1.165, 1.54) is 11.3 Å². The van der Waals surface area contributed by atoms with Crippen LogP contribution in [-0.2, 0) is 0 Å². The third-order valence-electron chi connectivity index (χ3n) is 1.73. The molecule has 0 saturated heterocycles. The van der Waals surface area contributed by atoms with Gasteiger partial charge in [-0.25, -0.2) is 4.98 Å². The summed E-state index contributed by atoms with van der Waals surface area (Å²) in [5.41, 5.74) is 7.30. The average Bonchev–Trinajstić information content (AvgIpc) is 2.46. The van der Waals surface area contributed by atoms with E-state index in [4.69, 9.17) is 17.3 Å². The number of nitrogens with zero attached hydrogens (tertiary/aromatic N) is 1. The van der Waals surface area contributed by atoms with Gasteiger partial charge in [-0.15, -0.1) is 0 Å². The second kappa shape index (κ2) is 3.88. The van der Waals surface area contributed by atoms with E-state index in [-0.39, 0.29) is 0 Å². The molecule has 1 heterocycles. The number of aromatic nitrogens is 1. The normalized spacial score (nSPS) is 10.4. The smallest absolute Gasteiger partial charge is 0.181 e. The Hall–Kier alpha value is -0.580. The van der Waals surface area contributed by atoms with E-state index in [1.54, 1.807) is 0 Å². The van der Waals surface area contributed by atoms with Gasteiger partial charge in [0.05, 0.1) is 14.5 Å². The molecule has 0 unspecified atom stereocenters. The van der Waals surface area contributed by atoms with Crippen LogP contribution in [0, 0.1) is 0 Å². The standard InChI is InChI=1S/C9H6BrClN2S/c10-8-7(13-9(12)14-8)5-3-1-2-4-6(5)11/h1-4H,(H2,12,13). The summed E-state index contributed by atoms with van der Waals surface area (Å²) in [5, 5.41) is 1.21. The monoisotopic (exact) mass is 288 g/mol. The van der Waals surface area contributed by atoms with Gasteiger partial charge >= 0.3 is 0 Å². The van der Waals surface area contributed by atoms with Gasteiger partial charge in [0.1, 0.15) is 0 Å². The summed E-state index contributed by atoms with van der Waals surface area (Å²) >= 11 is 10.8. The first-order chi connectivity index (χ1) is 6.68. The molecule has 2 N–H and O–H groups in total. The molecule has 5 heteroatoms. The van der Waals surface area contributed by atoms with E-state index in [9.17, 15) is 0 Å². The Balaban J connectivity index is 2.60. The average molecular weight is 290 g/mol. The van der Waals surface area contributed by atoms with Crippen LogP contribution in [0.1, 0.15) is 0 Å². The van der Waals surface area contributed by atoms with Gasteiger partial charge in [-0.2, -0.15) is 0 Å². The lowest BCUT2D eigenvalue weighted by Gasteiger charge is -1.99. The van der Waals surface area contributed by atoms with Gasteiger partial charge in [0.15, 0.2) is 5.13 Å². The predicted octanol–water partition coefficient (Wildman–Crippen LogP) is 3.81. The minimum absolute atomic E-state index is 0.534. The van der Waals surface area contributed by atoms with Crippen molar-refractivity contribution in [3.05, 3.63) is 33.1 Å². The summed E-state index contributed by atoms with van der Waals surface area (Å²) in [6.07, 6.45) is 0. The molecule has 0 spiro atoms. The highest BCUT2D eigenvalue weighted by Crippen LogP contribution is 2.37. The van der Waals surface area contributed by atoms with Gasteiger partial charge in [0.25, 0.3) is 0 Å². The molecule has 0 radical (unpaired) electrons. The van der Waals surface area contributed by atoms with E-state index in [0.717, 1.165) is 15.0 Å². The van der Waals surface area contributed by atoms with Crippen LogP contribution in [0.5, 0.6) is 0 Å². The molecular weight excluding hydrogens is 284 g/mol. The minimum atomic E-state index is 0.534. The van der Waals surface area contributed by atoms with Gasteiger partial charge in [-0.05, 0) is 22.0 Å². The lowest BCUT2D eigenvalue weighted by atomic mass is 10.2. The fourth-order valence-corrected chi connectivity index (χ4v) is 2.73. The zero-order chi connectivity index (χ0) is 10.1. The summed E-state index contributed by atoms with van der Waals surface area (Å²) in [5.74, 6) is 0. The molecule has 0 atom stereocenters. The van der Waals surface area contributed by atoms with Crippen molar-refractivity contribution in [3.8, 4) is 11.3 Å². The van der Waals surface area contributed by atoms with Gasteiger partial charge in [0, 0.05) is 5.56 Å². The Morgan fingerprint density at radius 3 is 2.64 bits per heavy atom. The lowest BCUT2D eigenvalue weighted by Crippen LogP contribution is -1.83. The van der Waals surface area contributed by atoms with Crippen LogP contribution >= 0.6 is 38.9 Å². The molecule has 0 aliphatic carbocycles. The molecule has 14 heavy (non-hydrogen) atoms. The van der Waals surface area contributed by atoms with Crippen LogP contribution in [0.15, 0.2) is 28.1 Å². The summed E-state index contributed by atoms with van der Waals surface area (Å²) in [4.78, 5) is 4.21. The molecule has 1 aromatic heterocycles. The van der Waals surface area contributed by atoms with Crippen molar-refractivity contribution in [1.82, 2.24) is 4.98 Å². The largest absolute Gasteiger partial charge is 0.375 e. The Morgan fingerprint density at radius 1 is 1.36 bits per heavy atom. The Kier molecular flexibility index (Phi) is 2.76. The van der Waals surface area contributed by atoms with Gasteiger partial charge < -0.3 is 5.73 Å². The van der Waals surface area contributed by atoms with Gasteiger partial charge in [-0.3, -0.25) is 0 Å². The van der Waals surface area contributed by atoms with Crippen molar-refractivity contribution in [3.63, 3.8) is 0 Å². The van der Waals surface area contributed by atoms with E-state index >= 15 is 0 Å². The van der Waals surface area contributed by atoms with E-state index < -0.39 is 0 Å². The first-order valence-corrected chi connectivity index (χ1v) is 5.84. The van der Waals surface area contributed by atoms with Crippen molar-refractivity contribution in [2.24, 2.45) is 0 Å². The zero-order valence-electron chi connectivity index (χ0n) is 7.00. The maximum absolute atomic E-state index is 6.04. The van der Waals surface area contributed by atoms with Crippen molar-refractivity contribution in [1.29, 1.82) is 0 Å². The molecule has 2 rings (SSSR count). The van der Waals surface area contributed by atoms with Crippen LogP contribution in [-0.4, -0.2) is 4.98 Å². The maximum Gasteiger partial charge on any atom is 0.181 e. The zero-order valence-corrected chi connectivity index (χ0v) is 10.2. The highest BCUT2D eigenvalue weighted by atomic mass is 79.9. The number of anilines is 1. The summed E-state index contributed by atoms with van der Waals surface area (Å²) in [6.45, 7) is 0. The molecule has 2 nitrogen and oxygen atoms in total. The number of nitrogens with two attached hydrogens (primary N) is 1. The first kappa shape index (κ1) is 9.96. The third-order valence-corrected chi connectivity index (χ3v) is 3.60. The van der Waals surface area contributed by atoms with Crippen molar-refractivity contribution in [2.45, 2.75) is 0 Å². The number of hydrogen-bond acceptors (Lipinski definition) is 3. The van der Waals surface area contributed by atoms with Crippen molar-refractivity contribution in [2.75, 3.05) is 5.73 Å². The number of benzene rings is 1. The molecule has 1 aromatic carbocycles. The fourth-order valence-electron chi connectivity index (χ4n) is 1.14. The van der Waals surface area contributed by atoms with E-state index in [2.05, 4.69) is 20.9 Å². The van der Waals surface area contributed by atoms with Gasteiger partial charge in [0.2, 0.25) is 0 Å². The molecular formula is C9H6BrClN2S. The Labute approximate surface area is 98.9 Å². The SMILES string of the molecule is Nc1nc(-c2ccccc2Cl)c(Br)s1. The molecule has 0 saturated carbocycles. The quantitative estimate of drug-likeness (QED) is 0.867. The van der Waals surface area contributed by atoms with Crippen LogP contribution in [0.4, 0.5) is 5.13 Å². The van der Waals surface area contributed by atoms with Crippen molar-refractivity contribution < 1.29 is 0 Å². The number of hydrogen-bond donors (Lipinski definition) is 1. The number of nitrogen functional groups attached to an aromatic ring is 1. The third kappa shape index (κ3) is 1.78. The Morgan fingerprint density at radius 2 is 2.07 bits per heavy atom. The predicted molar refractivity (Wildman–Crippen MR) is 64.7 cm³/mol. The number of thiazole rings is 1. The minimum Gasteiger partial charge on any atom is -0.375 e. The van der Waals surface area contributed by atoms with Gasteiger partial charge in [-0.1, -0.05) is 41.1 Å². The molecule has 0 bridgehead atoms. The molecule has 0 aliphatic rings. The molecule has 72 valence electrons.